The fraction of sp³-hybridized carbons (Fsp3) is 0.514. The SMILES string of the molecule is CN/C=C(\C=N)S(=O)(=O)c1ccc(N2CC(C)(CN3CCC(C(C#N)(c4ccccc4)[C@@H]4CCC[C@H]4OC(=O)NC)CC3)C2)cc1. The van der Waals surface area contributed by atoms with Crippen LogP contribution < -0.4 is 15.5 Å². The summed E-state index contributed by atoms with van der Waals surface area (Å²) in [7, 11) is -0.576. The van der Waals surface area contributed by atoms with E-state index in [1.54, 1.807) is 26.2 Å². The average Bonchev–Trinajstić information content (AvgIpc) is 3.52. The van der Waals surface area contributed by atoms with Gasteiger partial charge in [-0.3, -0.25) is 0 Å². The highest BCUT2D eigenvalue weighted by Crippen LogP contribution is 2.51. The van der Waals surface area contributed by atoms with Crippen LogP contribution in [-0.2, 0) is 20.0 Å². The van der Waals surface area contributed by atoms with Crippen LogP contribution in [0.5, 0.6) is 0 Å². The molecule has 2 heterocycles. The van der Waals surface area contributed by atoms with E-state index in [1.807, 2.05) is 30.3 Å². The number of ether oxygens (including phenoxy) is 1. The molecule has 0 bridgehead atoms. The van der Waals surface area contributed by atoms with E-state index in [0.29, 0.717) is 0 Å². The normalized spacial score (nSPS) is 23.4. The zero-order chi connectivity index (χ0) is 33.0. The third kappa shape index (κ3) is 6.51. The van der Waals surface area contributed by atoms with Gasteiger partial charge in [-0.2, -0.15) is 5.26 Å². The van der Waals surface area contributed by atoms with Crippen molar-refractivity contribution in [2.75, 3.05) is 51.7 Å². The molecule has 3 atom stereocenters. The maximum absolute atomic E-state index is 12.9. The van der Waals surface area contributed by atoms with E-state index < -0.39 is 21.3 Å². The average molecular weight is 647 g/mol. The quantitative estimate of drug-likeness (QED) is 0.299. The molecule has 5 rings (SSSR count). The first kappa shape index (κ1) is 33.5. The molecule has 246 valence electrons. The number of nitrogens with zero attached hydrogens (tertiary/aromatic N) is 3. The van der Waals surface area contributed by atoms with Crippen molar-refractivity contribution in [1.29, 1.82) is 10.7 Å². The topological polar surface area (TPSA) is 139 Å². The number of rotatable bonds is 11. The Bertz CT molecular complexity index is 1560. The Hall–Kier alpha value is -3.88. The van der Waals surface area contributed by atoms with Crippen LogP contribution in [0, 0.1) is 34.0 Å². The number of anilines is 1. The van der Waals surface area contributed by atoms with Gasteiger partial charge in [0.25, 0.3) is 0 Å². The van der Waals surface area contributed by atoms with Crippen molar-refractivity contribution in [3.63, 3.8) is 0 Å². The number of amides is 1. The number of carbonyl (C=O) groups excluding carboxylic acids is 1. The van der Waals surface area contributed by atoms with Crippen LogP contribution in [-0.4, -0.2) is 78.5 Å². The van der Waals surface area contributed by atoms with E-state index in [9.17, 15) is 18.5 Å². The lowest BCUT2D eigenvalue weighted by Crippen LogP contribution is -2.60. The minimum atomic E-state index is -3.75. The summed E-state index contributed by atoms with van der Waals surface area (Å²) in [5.41, 5.74) is 1.39. The van der Waals surface area contributed by atoms with Gasteiger partial charge < -0.3 is 30.6 Å². The van der Waals surface area contributed by atoms with Gasteiger partial charge in [0, 0.05) is 63.2 Å². The maximum Gasteiger partial charge on any atom is 0.407 e. The Morgan fingerprint density at radius 1 is 1.09 bits per heavy atom. The summed E-state index contributed by atoms with van der Waals surface area (Å²) in [6, 6.07) is 19.9. The monoisotopic (exact) mass is 646 g/mol. The molecule has 1 amide bonds. The molecule has 2 aromatic carbocycles. The van der Waals surface area contributed by atoms with Gasteiger partial charge in [0.05, 0.1) is 16.4 Å². The second kappa shape index (κ2) is 13.9. The molecular weight excluding hydrogens is 600 g/mol. The zero-order valence-electron chi connectivity index (χ0n) is 27.0. The van der Waals surface area contributed by atoms with Crippen LogP contribution in [0.1, 0.15) is 44.6 Å². The van der Waals surface area contributed by atoms with Crippen LogP contribution >= 0.6 is 0 Å². The molecule has 1 saturated carbocycles. The minimum absolute atomic E-state index is 0.0520. The fourth-order valence-electron chi connectivity index (χ4n) is 8.04. The highest BCUT2D eigenvalue weighted by molar-refractivity contribution is 7.96. The Balaban J connectivity index is 1.23. The van der Waals surface area contributed by atoms with E-state index in [2.05, 4.69) is 45.6 Å². The molecule has 2 aromatic rings. The molecule has 0 radical (unpaired) electrons. The van der Waals surface area contributed by atoms with Crippen LogP contribution in [0.25, 0.3) is 0 Å². The summed E-state index contributed by atoms with van der Waals surface area (Å²) in [6.45, 7) is 6.82. The molecule has 0 aromatic heterocycles. The van der Waals surface area contributed by atoms with E-state index >= 15 is 0 Å². The van der Waals surface area contributed by atoms with Gasteiger partial charge in [-0.15, -0.1) is 0 Å². The van der Waals surface area contributed by atoms with Crippen molar-refractivity contribution in [3.8, 4) is 6.07 Å². The number of nitriles is 1. The lowest BCUT2D eigenvalue weighted by molar-refractivity contribution is 0.0262. The highest BCUT2D eigenvalue weighted by Gasteiger charge is 2.53. The Morgan fingerprint density at radius 3 is 2.35 bits per heavy atom. The van der Waals surface area contributed by atoms with Crippen LogP contribution in [0.3, 0.4) is 0 Å². The molecule has 3 N–H and O–H groups in total. The van der Waals surface area contributed by atoms with Crippen LogP contribution in [0.2, 0.25) is 0 Å². The number of hydrogen-bond donors (Lipinski definition) is 3. The molecule has 46 heavy (non-hydrogen) atoms. The predicted molar refractivity (Wildman–Crippen MR) is 179 cm³/mol. The maximum atomic E-state index is 12.9. The molecule has 0 spiro atoms. The summed E-state index contributed by atoms with van der Waals surface area (Å²) >= 11 is 0. The standard InChI is InChI=1S/C35H46N6O4S/c1-34(24-41(25-34)28-12-14-29(15-13-28)46(43,44)30(20-36)21-38-2)23-40-18-16-27(17-19-40)35(22-37,26-8-5-4-6-9-26)31-10-7-11-32(31)45-33(42)39-3/h4-6,8-9,12-15,20-21,27,31-32,36,38H,7,10-11,16-19,23-25H2,1-3H3,(H,39,42)/b30-21+,36-20?/t31-,32-,35?/m1/s1. The summed E-state index contributed by atoms with van der Waals surface area (Å²) < 4.78 is 31.5. The first-order chi connectivity index (χ1) is 22.1. The van der Waals surface area contributed by atoms with Gasteiger partial charge in [0.1, 0.15) is 11.0 Å². The second-order valence-corrected chi connectivity index (χ2v) is 15.2. The number of carbonyl (C=O) groups is 1. The molecule has 10 nitrogen and oxygen atoms in total. The summed E-state index contributed by atoms with van der Waals surface area (Å²) in [5.74, 6) is 0.107. The van der Waals surface area contributed by atoms with Crippen molar-refractivity contribution >= 4 is 27.8 Å². The largest absolute Gasteiger partial charge is 0.446 e. The third-order valence-corrected chi connectivity index (χ3v) is 11.9. The number of hydrogen-bond acceptors (Lipinski definition) is 9. The Kier molecular flexibility index (Phi) is 10.1. The van der Waals surface area contributed by atoms with Crippen molar-refractivity contribution in [1.82, 2.24) is 15.5 Å². The summed E-state index contributed by atoms with van der Waals surface area (Å²) in [6.07, 6.45) is 5.83. The molecule has 2 aliphatic heterocycles. The molecule has 3 aliphatic rings. The number of sulfone groups is 1. The second-order valence-electron chi connectivity index (χ2n) is 13.3. The van der Waals surface area contributed by atoms with Gasteiger partial charge >= 0.3 is 6.09 Å². The summed E-state index contributed by atoms with van der Waals surface area (Å²) in [5, 5.41) is 23.7. The zero-order valence-corrected chi connectivity index (χ0v) is 27.9. The molecule has 1 unspecified atom stereocenters. The van der Waals surface area contributed by atoms with E-state index in [1.165, 1.54) is 6.20 Å². The van der Waals surface area contributed by atoms with E-state index in [0.717, 1.165) is 82.3 Å². The molecule has 3 fully saturated rings. The van der Waals surface area contributed by atoms with Gasteiger partial charge in [0.15, 0.2) is 0 Å². The van der Waals surface area contributed by atoms with Crippen molar-refractivity contribution in [3.05, 3.63) is 71.3 Å². The van der Waals surface area contributed by atoms with E-state index in [4.69, 9.17) is 10.1 Å². The first-order valence-electron chi connectivity index (χ1n) is 16.2. The Labute approximate surface area is 273 Å². The van der Waals surface area contributed by atoms with E-state index in [-0.39, 0.29) is 33.2 Å². The number of likely N-dealkylation sites (tertiary alicyclic amines) is 1. The lowest BCUT2D eigenvalue weighted by Gasteiger charge is -2.53. The number of benzene rings is 2. The summed E-state index contributed by atoms with van der Waals surface area (Å²) in [4.78, 5) is 17.1. The van der Waals surface area contributed by atoms with Crippen molar-refractivity contribution < 1.29 is 17.9 Å². The molecule has 1 aliphatic carbocycles. The molecule has 11 heteroatoms. The molecule has 2 saturated heterocycles. The lowest BCUT2D eigenvalue weighted by atomic mass is 9.59. The number of allylic oxidation sites excluding steroid dienone is 1. The number of alkyl carbamates (subject to hydrolysis) is 1. The van der Waals surface area contributed by atoms with Crippen molar-refractivity contribution in [2.24, 2.45) is 17.3 Å². The smallest absolute Gasteiger partial charge is 0.407 e. The van der Waals surface area contributed by atoms with Crippen LogP contribution in [0.15, 0.2) is 70.6 Å². The highest BCUT2D eigenvalue weighted by atomic mass is 32.2. The predicted octanol–water partition coefficient (Wildman–Crippen LogP) is 4.70. The van der Waals surface area contributed by atoms with Gasteiger partial charge in [-0.25, -0.2) is 13.2 Å². The van der Waals surface area contributed by atoms with Gasteiger partial charge in [0.2, 0.25) is 9.84 Å². The van der Waals surface area contributed by atoms with Gasteiger partial charge in [-0.1, -0.05) is 37.3 Å². The number of piperidine rings is 1. The first-order valence-corrected chi connectivity index (χ1v) is 17.6. The van der Waals surface area contributed by atoms with Gasteiger partial charge in [-0.05, 0) is 80.9 Å². The van der Waals surface area contributed by atoms with Crippen LogP contribution in [0.4, 0.5) is 10.5 Å². The Morgan fingerprint density at radius 2 is 1.76 bits per heavy atom. The fourth-order valence-corrected chi connectivity index (χ4v) is 9.24. The molecular formula is C35H46N6O4S. The van der Waals surface area contributed by atoms with Crippen molar-refractivity contribution in [2.45, 2.75) is 55.4 Å². The third-order valence-electron chi connectivity index (χ3n) is 10.2. The number of nitrogens with one attached hydrogen (secondary N) is 3. The minimum Gasteiger partial charge on any atom is -0.446 e.